The molecule has 2 rings (SSSR count). The Morgan fingerprint density at radius 2 is 2.26 bits per heavy atom. The molecule has 100 valence electrons. The van der Waals surface area contributed by atoms with Gasteiger partial charge in [0.15, 0.2) is 5.82 Å². The number of rotatable bonds is 3. The second-order valence-corrected chi connectivity index (χ2v) is 3.82. The van der Waals surface area contributed by atoms with Crippen molar-refractivity contribution in [1.29, 1.82) is 5.26 Å². The number of nitrogens with two attached hydrogens (primary N) is 1. The summed E-state index contributed by atoms with van der Waals surface area (Å²) in [6, 6.07) is 1.82. The van der Waals surface area contributed by atoms with Crippen molar-refractivity contribution in [2.75, 3.05) is 5.73 Å². The van der Waals surface area contributed by atoms with Gasteiger partial charge < -0.3 is 10.5 Å². The number of nitrogen functional groups attached to an aromatic ring is 1. The highest BCUT2D eigenvalue weighted by Crippen LogP contribution is 2.36. The maximum Gasteiger partial charge on any atom is 0.388 e. The minimum atomic E-state index is -3.04. The summed E-state index contributed by atoms with van der Waals surface area (Å²) in [7, 11) is 1.37. The first-order valence-corrected chi connectivity index (χ1v) is 5.25. The van der Waals surface area contributed by atoms with Crippen LogP contribution in [0, 0.1) is 11.3 Å². The van der Waals surface area contributed by atoms with E-state index < -0.39 is 6.61 Å². The molecule has 3 N–H and O–H groups in total. The van der Waals surface area contributed by atoms with Gasteiger partial charge in [0.25, 0.3) is 0 Å². The Hall–Kier alpha value is -2.34. The minimum Gasteiger partial charge on any atom is -0.416 e. The molecule has 0 radical (unpaired) electrons. The van der Waals surface area contributed by atoms with Crippen molar-refractivity contribution in [3.05, 3.63) is 10.6 Å². The van der Waals surface area contributed by atoms with E-state index in [1.165, 1.54) is 7.05 Å². The molecule has 10 heteroatoms. The van der Waals surface area contributed by atoms with Crippen LogP contribution in [0.15, 0.2) is 0 Å². The highest BCUT2D eigenvalue weighted by molar-refractivity contribution is 6.34. The average Bonchev–Trinajstić information content (AvgIpc) is 2.83. The van der Waals surface area contributed by atoms with Gasteiger partial charge in [0.2, 0.25) is 5.88 Å². The Kier molecular flexibility index (Phi) is 3.26. The number of halogens is 3. The van der Waals surface area contributed by atoms with Crippen molar-refractivity contribution in [3.63, 3.8) is 0 Å². The normalized spacial score (nSPS) is 10.7. The van der Waals surface area contributed by atoms with Crippen LogP contribution in [-0.4, -0.2) is 26.6 Å². The van der Waals surface area contributed by atoms with E-state index in [4.69, 9.17) is 22.6 Å². The second kappa shape index (κ2) is 4.74. The van der Waals surface area contributed by atoms with Crippen LogP contribution in [0.25, 0.3) is 11.4 Å². The van der Waals surface area contributed by atoms with Crippen LogP contribution in [0.4, 0.5) is 14.6 Å². The predicted molar refractivity (Wildman–Crippen MR) is 61.6 cm³/mol. The first-order chi connectivity index (χ1) is 8.95. The van der Waals surface area contributed by atoms with Crippen molar-refractivity contribution in [1.82, 2.24) is 20.0 Å². The third kappa shape index (κ3) is 2.17. The fourth-order valence-electron chi connectivity index (χ4n) is 1.50. The first kappa shape index (κ1) is 13.1. The van der Waals surface area contributed by atoms with Crippen molar-refractivity contribution >= 4 is 17.4 Å². The van der Waals surface area contributed by atoms with Crippen LogP contribution in [0.1, 0.15) is 5.56 Å². The van der Waals surface area contributed by atoms with Gasteiger partial charge in [-0.15, -0.1) is 0 Å². The molecule has 0 aromatic carbocycles. The molecule has 2 heterocycles. The van der Waals surface area contributed by atoms with E-state index in [-0.39, 0.29) is 33.7 Å². The summed E-state index contributed by atoms with van der Waals surface area (Å²) in [5.41, 5.74) is 5.70. The molecule has 0 bridgehead atoms. The van der Waals surface area contributed by atoms with Gasteiger partial charge in [0.1, 0.15) is 28.0 Å². The summed E-state index contributed by atoms with van der Waals surface area (Å²) >= 11 is 5.91. The lowest BCUT2D eigenvalue weighted by Gasteiger charge is -2.03. The third-order valence-corrected chi connectivity index (χ3v) is 2.62. The SMILES string of the molecule is Cn1nc(-c2[nH]nc(N)c2C#N)c(Cl)c1OC(F)F. The van der Waals surface area contributed by atoms with Crippen LogP contribution in [0.3, 0.4) is 0 Å². The summed E-state index contributed by atoms with van der Waals surface area (Å²) < 4.78 is 29.7. The highest BCUT2D eigenvalue weighted by atomic mass is 35.5. The molecule has 0 aliphatic rings. The lowest BCUT2D eigenvalue weighted by Crippen LogP contribution is -2.06. The molecule has 0 fully saturated rings. The quantitative estimate of drug-likeness (QED) is 0.890. The molecule has 2 aromatic heterocycles. The number of hydrogen-bond acceptors (Lipinski definition) is 5. The lowest BCUT2D eigenvalue weighted by molar-refractivity contribution is -0.0552. The number of nitrogens with zero attached hydrogens (tertiary/aromatic N) is 4. The van der Waals surface area contributed by atoms with Gasteiger partial charge in [-0.25, -0.2) is 4.68 Å². The Labute approximate surface area is 110 Å². The summed E-state index contributed by atoms with van der Waals surface area (Å²) in [5, 5.41) is 18.8. The molecule has 0 amide bonds. The number of aromatic amines is 1. The van der Waals surface area contributed by atoms with Crippen molar-refractivity contribution in [2.45, 2.75) is 6.61 Å². The molecule has 0 saturated heterocycles. The lowest BCUT2D eigenvalue weighted by atomic mass is 10.2. The smallest absolute Gasteiger partial charge is 0.388 e. The molecular weight excluding hydrogens is 282 g/mol. The van der Waals surface area contributed by atoms with Gasteiger partial charge in [0.05, 0.1) is 0 Å². The van der Waals surface area contributed by atoms with E-state index in [0.717, 1.165) is 4.68 Å². The number of anilines is 1. The maximum atomic E-state index is 12.2. The van der Waals surface area contributed by atoms with E-state index in [0.29, 0.717) is 0 Å². The monoisotopic (exact) mass is 288 g/mol. The van der Waals surface area contributed by atoms with E-state index in [2.05, 4.69) is 20.0 Å². The van der Waals surface area contributed by atoms with Crippen LogP contribution < -0.4 is 10.5 Å². The summed E-state index contributed by atoms with van der Waals surface area (Å²) in [6.07, 6.45) is 0. The Bertz CT molecular complexity index is 658. The summed E-state index contributed by atoms with van der Waals surface area (Å²) in [4.78, 5) is 0. The Morgan fingerprint density at radius 3 is 2.84 bits per heavy atom. The molecule has 19 heavy (non-hydrogen) atoms. The molecule has 0 unspecified atom stereocenters. The number of nitrogens with one attached hydrogen (secondary N) is 1. The second-order valence-electron chi connectivity index (χ2n) is 3.44. The zero-order valence-electron chi connectivity index (χ0n) is 9.49. The van der Waals surface area contributed by atoms with Crippen molar-refractivity contribution < 1.29 is 13.5 Å². The van der Waals surface area contributed by atoms with Gasteiger partial charge in [-0.1, -0.05) is 11.6 Å². The van der Waals surface area contributed by atoms with Gasteiger partial charge in [-0.3, -0.25) is 5.10 Å². The number of nitriles is 1. The van der Waals surface area contributed by atoms with Crippen LogP contribution in [-0.2, 0) is 7.05 Å². The fourth-order valence-corrected chi connectivity index (χ4v) is 1.79. The number of aryl methyl sites for hydroxylation is 1. The maximum absolute atomic E-state index is 12.2. The molecule has 0 aliphatic carbocycles. The number of alkyl halides is 2. The highest BCUT2D eigenvalue weighted by Gasteiger charge is 2.24. The van der Waals surface area contributed by atoms with Gasteiger partial charge >= 0.3 is 6.61 Å². The minimum absolute atomic E-state index is 0.0311. The van der Waals surface area contributed by atoms with Crippen molar-refractivity contribution in [2.24, 2.45) is 7.05 Å². The predicted octanol–water partition coefficient (Wildman–Crippen LogP) is 1.52. The Balaban J connectivity index is 2.55. The van der Waals surface area contributed by atoms with Gasteiger partial charge in [-0.2, -0.15) is 24.2 Å². The molecular formula is C9H7ClF2N6O. The van der Waals surface area contributed by atoms with E-state index >= 15 is 0 Å². The molecule has 0 saturated carbocycles. The topological polar surface area (TPSA) is 106 Å². The number of aromatic nitrogens is 4. The van der Waals surface area contributed by atoms with Crippen LogP contribution in [0.5, 0.6) is 5.88 Å². The number of ether oxygens (including phenoxy) is 1. The molecule has 0 atom stereocenters. The van der Waals surface area contributed by atoms with E-state index in [1.54, 1.807) is 0 Å². The third-order valence-electron chi connectivity index (χ3n) is 2.28. The van der Waals surface area contributed by atoms with E-state index in [9.17, 15) is 8.78 Å². The standard InChI is InChI=1S/C9H7ClF2N6O/c1-18-8(19-9(11)12)4(10)6(17-18)5-3(2-13)7(14)16-15-5/h9H,1H3,(H3,14,15,16). The molecule has 0 aliphatic heterocycles. The van der Waals surface area contributed by atoms with Gasteiger partial charge in [0, 0.05) is 7.05 Å². The van der Waals surface area contributed by atoms with Crippen LogP contribution in [0.2, 0.25) is 5.02 Å². The molecule has 0 spiro atoms. The van der Waals surface area contributed by atoms with Gasteiger partial charge in [-0.05, 0) is 0 Å². The van der Waals surface area contributed by atoms with Crippen molar-refractivity contribution in [3.8, 4) is 23.3 Å². The number of hydrogen-bond donors (Lipinski definition) is 2. The average molecular weight is 289 g/mol. The zero-order valence-corrected chi connectivity index (χ0v) is 10.2. The largest absolute Gasteiger partial charge is 0.416 e. The molecule has 2 aromatic rings. The number of H-pyrrole nitrogens is 1. The van der Waals surface area contributed by atoms with Crippen LogP contribution >= 0.6 is 11.6 Å². The summed E-state index contributed by atoms with van der Waals surface area (Å²) in [6.45, 7) is -3.04. The molecule has 7 nitrogen and oxygen atoms in total. The zero-order chi connectivity index (χ0) is 14.2. The summed E-state index contributed by atoms with van der Waals surface area (Å²) in [5.74, 6) is -0.348. The first-order valence-electron chi connectivity index (χ1n) is 4.87. The fraction of sp³-hybridized carbons (Fsp3) is 0.222. The Morgan fingerprint density at radius 1 is 1.58 bits per heavy atom. The van der Waals surface area contributed by atoms with E-state index in [1.807, 2.05) is 6.07 Å².